The van der Waals surface area contributed by atoms with Crippen LogP contribution >= 0.6 is 0 Å². The van der Waals surface area contributed by atoms with E-state index < -0.39 is 10.1 Å². The summed E-state index contributed by atoms with van der Waals surface area (Å²) in [5.41, 5.74) is 1.35. The molecule has 106 valence electrons. The van der Waals surface area contributed by atoms with Crippen LogP contribution < -0.4 is 4.90 Å². The lowest BCUT2D eigenvalue weighted by Crippen LogP contribution is -2.44. The van der Waals surface area contributed by atoms with Gasteiger partial charge < -0.3 is 14.7 Å². The molecule has 0 radical (unpaired) electrons. The Kier molecular flexibility index (Phi) is 4.10. The summed E-state index contributed by atoms with van der Waals surface area (Å²) in [6.45, 7) is 3.04. The third-order valence-corrected chi connectivity index (χ3v) is 3.98. The van der Waals surface area contributed by atoms with Crippen LogP contribution in [0.4, 0.5) is 5.69 Å². The highest BCUT2D eigenvalue weighted by molar-refractivity contribution is 7.86. The predicted octanol–water partition coefficient (Wildman–Crippen LogP) is 0.439. The quantitative estimate of drug-likeness (QED) is 0.784. The Morgan fingerprint density at radius 3 is 2.84 bits per heavy atom. The van der Waals surface area contributed by atoms with E-state index in [9.17, 15) is 13.0 Å². The molecule has 1 fully saturated rings. The molecule has 2 rings (SSSR count). The van der Waals surface area contributed by atoms with Crippen LogP contribution in [0, 0.1) is 6.92 Å². The number of hydrogen-bond acceptors (Lipinski definition) is 5. The molecule has 7 heteroatoms. The van der Waals surface area contributed by atoms with E-state index in [0.29, 0.717) is 25.4 Å². The standard InChI is InChI=1S/C12H17NO5S/c1-9-2-3-12(19(15,16)17)11(6-9)13-4-5-18-10(7-13)8-14/h2-3,6,10,14H,4-5,7-8H2,1H3,(H,15,16,17). The van der Waals surface area contributed by atoms with Crippen molar-refractivity contribution in [2.75, 3.05) is 31.2 Å². The Bertz CT molecular complexity index is 557. The minimum atomic E-state index is -4.27. The highest BCUT2D eigenvalue weighted by Gasteiger charge is 2.25. The molecular weight excluding hydrogens is 270 g/mol. The Morgan fingerprint density at radius 2 is 2.21 bits per heavy atom. The van der Waals surface area contributed by atoms with Gasteiger partial charge in [0.05, 0.1) is 25.0 Å². The Hall–Kier alpha value is -1.15. The molecular formula is C12H17NO5S. The second-order valence-electron chi connectivity index (χ2n) is 4.57. The van der Waals surface area contributed by atoms with E-state index in [-0.39, 0.29) is 17.6 Å². The van der Waals surface area contributed by atoms with Crippen LogP contribution in [0.5, 0.6) is 0 Å². The van der Waals surface area contributed by atoms with Gasteiger partial charge in [-0.05, 0) is 24.6 Å². The molecule has 0 aliphatic carbocycles. The van der Waals surface area contributed by atoms with E-state index in [0.717, 1.165) is 5.56 Å². The van der Waals surface area contributed by atoms with Crippen LogP contribution in [0.1, 0.15) is 5.56 Å². The summed E-state index contributed by atoms with van der Waals surface area (Å²) in [5.74, 6) is 0. The fraction of sp³-hybridized carbons (Fsp3) is 0.500. The van der Waals surface area contributed by atoms with Gasteiger partial charge >= 0.3 is 0 Å². The maximum atomic E-state index is 11.4. The summed E-state index contributed by atoms with van der Waals surface area (Å²) in [5, 5.41) is 9.12. The average Bonchev–Trinajstić information content (AvgIpc) is 2.37. The van der Waals surface area contributed by atoms with Gasteiger partial charge in [0.15, 0.2) is 0 Å². The van der Waals surface area contributed by atoms with Gasteiger partial charge in [-0.1, -0.05) is 6.07 Å². The average molecular weight is 287 g/mol. The number of hydrogen-bond donors (Lipinski definition) is 2. The van der Waals surface area contributed by atoms with E-state index in [1.165, 1.54) is 6.07 Å². The lowest BCUT2D eigenvalue weighted by molar-refractivity contribution is 0.00343. The zero-order chi connectivity index (χ0) is 14.0. The summed E-state index contributed by atoms with van der Waals surface area (Å²) < 4.78 is 37.4. The summed E-state index contributed by atoms with van der Waals surface area (Å²) in [4.78, 5) is 1.69. The van der Waals surface area contributed by atoms with Crippen molar-refractivity contribution >= 4 is 15.8 Å². The number of nitrogens with zero attached hydrogens (tertiary/aromatic N) is 1. The molecule has 2 N–H and O–H groups in total. The van der Waals surface area contributed by atoms with Crippen molar-refractivity contribution in [1.82, 2.24) is 0 Å². The number of benzene rings is 1. The molecule has 1 saturated heterocycles. The zero-order valence-corrected chi connectivity index (χ0v) is 11.4. The van der Waals surface area contributed by atoms with Gasteiger partial charge in [-0.15, -0.1) is 0 Å². The number of aryl methyl sites for hydroxylation is 1. The second-order valence-corrected chi connectivity index (χ2v) is 5.96. The molecule has 0 spiro atoms. The number of rotatable bonds is 3. The van der Waals surface area contributed by atoms with Crippen LogP contribution in [0.3, 0.4) is 0 Å². The Labute approximate surface area is 112 Å². The van der Waals surface area contributed by atoms with E-state index >= 15 is 0 Å². The molecule has 0 bridgehead atoms. The topological polar surface area (TPSA) is 87.1 Å². The lowest BCUT2D eigenvalue weighted by atomic mass is 10.2. The van der Waals surface area contributed by atoms with Gasteiger partial charge in [0.2, 0.25) is 0 Å². The Balaban J connectivity index is 2.40. The van der Waals surface area contributed by atoms with Crippen LogP contribution in [0.2, 0.25) is 0 Å². The zero-order valence-electron chi connectivity index (χ0n) is 10.6. The van der Waals surface area contributed by atoms with E-state index in [1.807, 2.05) is 6.92 Å². The maximum absolute atomic E-state index is 11.4. The summed E-state index contributed by atoms with van der Waals surface area (Å²) >= 11 is 0. The minimum absolute atomic E-state index is 0.114. The van der Waals surface area contributed by atoms with Crippen LogP contribution in [-0.2, 0) is 14.9 Å². The van der Waals surface area contributed by atoms with E-state index in [4.69, 9.17) is 9.84 Å². The lowest BCUT2D eigenvalue weighted by Gasteiger charge is -2.34. The number of anilines is 1. The van der Waals surface area contributed by atoms with Crippen molar-refractivity contribution < 1.29 is 22.8 Å². The highest BCUT2D eigenvalue weighted by atomic mass is 32.2. The molecule has 1 aromatic carbocycles. The van der Waals surface area contributed by atoms with Crippen molar-refractivity contribution in [2.24, 2.45) is 0 Å². The van der Waals surface area contributed by atoms with Gasteiger partial charge in [-0.25, -0.2) is 0 Å². The SMILES string of the molecule is Cc1ccc(S(=O)(=O)O)c(N2CCOC(CO)C2)c1. The molecule has 1 heterocycles. The highest BCUT2D eigenvalue weighted by Crippen LogP contribution is 2.27. The molecule has 6 nitrogen and oxygen atoms in total. The fourth-order valence-electron chi connectivity index (χ4n) is 2.14. The first kappa shape index (κ1) is 14.3. The van der Waals surface area contributed by atoms with Crippen molar-refractivity contribution in [3.05, 3.63) is 23.8 Å². The number of aliphatic hydroxyl groups is 1. The normalized spacial score (nSPS) is 20.6. The van der Waals surface area contributed by atoms with Crippen molar-refractivity contribution in [3.63, 3.8) is 0 Å². The molecule has 0 amide bonds. The Morgan fingerprint density at radius 1 is 1.47 bits per heavy atom. The number of ether oxygens (including phenoxy) is 1. The number of morpholine rings is 1. The van der Waals surface area contributed by atoms with E-state index in [2.05, 4.69) is 0 Å². The third-order valence-electron chi connectivity index (χ3n) is 3.08. The summed E-state index contributed by atoms with van der Waals surface area (Å²) in [6.07, 6.45) is -0.344. The fourth-order valence-corrected chi connectivity index (χ4v) is 2.83. The summed E-state index contributed by atoms with van der Waals surface area (Å²) in [7, 11) is -4.27. The first-order valence-electron chi connectivity index (χ1n) is 5.97. The van der Waals surface area contributed by atoms with Crippen molar-refractivity contribution in [3.8, 4) is 0 Å². The van der Waals surface area contributed by atoms with Gasteiger partial charge in [0.25, 0.3) is 10.1 Å². The maximum Gasteiger partial charge on any atom is 0.296 e. The molecule has 1 unspecified atom stereocenters. The molecule has 19 heavy (non-hydrogen) atoms. The summed E-state index contributed by atoms with van der Waals surface area (Å²) in [6, 6.07) is 4.74. The second kappa shape index (κ2) is 5.46. The molecule has 0 aromatic heterocycles. The van der Waals surface area contributed by atoms with Crippen LogP contribution in [0.25, 0.3) is 0 Å². The third kappa shape index (κ3) is 3.24. The molecule has 1 aromatic rings. The number of aliphatic hydroxyl groups excluding tert-OH is 1. The minimum Gasteiger partial charge on any atom is -0.394 e. The largest absolute Gasteiger partial charge is 0.394 e. The molecule has 0 saturated carbocycles. The van der Waals surface area contributed by atoms with E-state index in [1.54, 1.807) is 17.0 Å². The molecule has 1 atom stereocenters. The van der Waals surface area contributed by atoms with Crippen LogP contribution in [-0.4, -0.2) is 50.5 Å². The van der Waals surface area contributed by atoms with Crippen molar-refractivity contribution in [1.29, 1.82) is 0 Å². The van der Waals surface area contributed by atoms with Gasteiger partial charge in [-0.3, -0.25) is 4.55 Å². The first-order chi connectivity index (χ1) is 8.91. The smallest absolute Gasteiger partial charge is 0.296 e. The predicted molar refractivity (Wildman–Crippen MR) is 70.0 cm³/mol. The van der Waals surface area contributed by atoms with Gasteiger partial charge in [0.1, 0.15) is 4.90 Å². The molecule has 1 aliphatic rings. The van der Waals surface area contributed by atoms with Gasteiger partial charge in [0, 0.05) is 13.1 Å². The van der Waals surface area contributed by atoms with Gasteiger partial charge in [-0.2, -0.15) is 8.42 Å². The monoisotopic (exact) mass is 287 g/mol. The first-order valence-corrected chi connectivity index (χ1v) is 7.41. The van der Waals surface area contributed by atoms with Crippen molar-refractivity contribution in [2.45, 2.75) is 17.9 Å². The molecule has 1 aliphatic heterocycles. The van der Waals surface area contributed by atoms with Crippen LogP contribution in [0.15, 0.2) is 23.1 Å².